The molecule has 182 valence electrons. The van der Waals surface area contributed by atoms with Crippen LogP contribution in [0.1, 0.15) is 31.4 Å². The third-order valence-electron chi connectivity index (χ3n) is 5.96. The van der Waals surface area contributed by atoms with Gasteiger partial charge in [-0.25, -0.2) is 9.69 Å². The summed E-state index contributed by atoms with van der Waals surface area (Å²) in [6, 6.07) is 15.0. The second-order valence-electron chi connectivity index (χ2n) is 8.29. The molecular weight excluding hydrogens is 438 g/mol. The maximum Gasteiger partial charge on any atom is 0.416 e. The summed E-state index contributed by atoms with van der Waals surface area (Å²) in [6.45, 7) is 5.04. The summed E-state index contributed by atoms with van der Waals surface area (Å²) >= 11 is 0. The number of hydrogen-bond donors (Lipinski definition) is 0. The molecule has 2 aromatic carbocycles. The van der Waals surface area contributed by atoms with Crippen LogP contribution >= 0.6 is 0 Å². The molecule has 2 aliphatic heterocycles. The number of carbonyl (C=O) groups excluding carboxylic acids is 2. The van der Waals surface area contributed by atoms with E-state index in [1.54, 1.807) is 0 Å². The van der Waals surface area contributed by atoms with Gasteiger partial charge in [0.2, 0.25) is 12.7 Å². The van der Waals surface area contributed by atoms with E-state index < -0.39 is 18.3 Å². The molecule has 2 amide bonds. The molecule has 1 saturated heterocycles. The first-order valence-electron chi connectivity index (χ1n) is 11.7. The minimum absolute atomic E-state index is 0.177. The molecule has 8 nitrogen and oxygen atoms in total. The molecule has 0 N–H and O–H groups in total. The molecule has 0 radical (unpaired) electrons. The van der Waals surface area contributed by atoms with Crippen LogP contribution in [0.25, 0.3) is 0 Å². The summed E-state index contributed by atoms with van der Waals surface area (Å²) in [7, 11) is 0. The molecular formula is C26H31NO7. The molecule has 34 heavy (non-hydrogen) atoms. The Bertz CT molecular complexity index is 974. The van der Waals surface area contributed by atoms with Gasteiger partial charge in [0.15, 0.2) is 17.8 Å². The van der Waals surface area contributed by atoms with Crippen molar-refractivity contribution in [2.45, 2.75) is 45.4 Å². The zero-order valence-corrected chi connectivity index (χ0v) is 19.6. The van der Waals surface area contributed by atoms with Crippen molar-refractivity contribution in [3.05, 3.63) is 59.7 Å². The number of imide groups is 1. The maximum atomic E-state index is 13.8. The van der Waals surface area contributed by atoms with Crippen molar-refractivity contribution in [2.75, 3.05) is 26.6 Å². The van der Waals surface area contributed by atoms with Crippen LogP contribution in [0, 0.1) is 5.92 Å². The van der Waals surface area contributed by atoms with Crippen LogP contribution in [0.5, 0.6) is 11.5 Å². The first-order chi connectivity index (χ1) is 16.6. The van der Waals surface area contributed by atoms with Crippen LogP contribution in [0.2, 0.25) is 0 Å². The van der Waals surface area contributed by atoms with Gasteiger partial charge in [0, 0.05) is 25.6 Å². The first-order valence-corrected chi connectivity index (χ1v) is 11.7. The lowest BCUT2D eigenvalue weighted by Gasteiger charge is -2.28. The zero-order chi connectivity index (χ0) is 23.9. The maximum absolute atomic E-state index is 13.8. The minimum atomic E-state index is -0.606. The molecule has 0 aromatic heterocycles. The summed E-state index contributed by atoms with van der Waals surface area (Å²) in [6.07, 6.45) is 0.0929. The zero-order valence-electron chi connectivity index (χ0n) is 19.6. The molecule has 2 atom stereocenters. The Hall–Kier alpha value is -3.10. The number of amides is 2. The van der Waals surface area contributed by atoms with Gasteiger partial charge in [0.05, 0.1) is 6.04 Å². The predicted octanol–water partition coefficient (Wildman–Crippen LogP) is 3.95. The smallest absolute Gasteiger partial charge is 0.416 e. The first kappa shape index (κ1) is 24.0. The van der Waals surface area contributed by atoms with Crippen molar-refractivity contribution in [2.24, 2.45) is 5.92 Å². The minimum Gasteiger partial charge on any atom is -0.454 e. The van der Waals surface area contributed by atoms with Gasteiger partial charge in [-0.1, -0.05) is 36.4 Å². The number of rotatable bonds is 11. The van der Waals surface area contributed by atoms with Gasteiger partial charge in [0.25, 0.3) is 0 Å². The summed E-state index contributed by atoms with van der Waals surface area (Å²) in [5.41, 5.74) is 1.94. The number of ether oxygens (including phenoxy) is 5. The fourth-order valence-electron chi connectivity index (χ4n) is 4.38. The van der Waals surface area contributed by atoms with E-state index in [0.29, 0.717) is 44.0 Å². The van der Waals surface area contributed by atoms with Crippen LogP contribution in [0.15, 0.2) is 48.5 Å². The molecule has 0 unspecified atom stereocenters. The van der Waals surface area contributed by atoms with Crippen molar-refractivity contribution in [1.29, 1.82) is 0 Å². The van der Waals surface area contributed by atoms with Gasteiger partial charge >= 0.3 is 6.09 Å². The number of hydrogen-bond acceptors (Lipinski definition) is 7. The number of fused-ring (bicyclic) bond motifs is 1. The van der Waals surface area contributed by atoms with Crippen molar-refractivity contribution in [3.63, 3.8) is 0 Å². The number of cyclic esters (lactones) is 1. The second-order valence-corrected chi connectivity index (χ2v) is 8.29. The Kier molecular flexibility index (Phi) is 8.03. The largest absolute Gasteiger partial charge is 0.454 e. The summed E-state index contributed by atoms with van der Waals surface area (Å²) in [5.74, 6) is 0.495. The SMILES string of the molecule is CCOC(C[C@@H](Cc1ccc2c(c1)OCO2)C(=O)N1C(=O)OC[C@@H]1Cc1ccccc1)OCC. The van der Waals surface area contributed by atoms with E-state index >= 15 is 0 Å². The Labute approximate surface area is 199 Å². The molecule has 2 aromatic rings. The molecule has 0 aliphatic carbocycles. The van der Waals surface area contributed by atoms with E-state index in [4.69, 9.17) is 23.7 Å². The molecule has 2 aliphatic rings. The van der Waals surface area contributed by atoms with Crippen LogP contribution in [0.3, 0.4) is 0 Å². The summed E-state index contributed by atoms with van der Waals surface area (Å²) < 4.78 is 27.7. The van der Waals surface area contributed by atoms with Gasteiger partial charge in [-0.05, 0) is 49.9 Å². The highest BCUT2D eigenvalue weighted by molar-refractivity contribution is 5.95. The van der Waals surface area contributed by atoms with Crippen LogP contribution < -0.4 is 9.47 Å². The van der Waals surface area contributed by atoms with Crippen molar-refractivity contribution in [3.8, 4) is 11.5 Å². The van der Waals surface area contributed by atoms with E-state index in [2.05, 4.69) is 0 Å². The van der Waals surface area contributed by atoms with Crippen LogP contribution in [-0.2, 0) is 31.8 Å². The van der Waals surface area contributed by atoms with Crippen molar-refractivity contribution < 1.29 is 33.3 Å². The molecule has 0 saturated carbocycles. The second kappa shape index (κ2) is 11.4. The quantitative estimate of drug-likeness (QED) is 0.461. The molecule has 4 rings (SSSR count). The Balaban J connectivity index is 1.56. The summed E-state index contributed by atoms with van der Waals surface area (Å²) in [4.78, 5) is 27.7. The molecule has 8 heteroatoms. The third-order valence-corrected chi connectivity index (χ3v) is 5.96. The monoisotopic (exact) mass is 469 g/mol. The topological polar surface area (TPSA) is 83.5 Å². The highest BCUT2D eigenvalue weighted by Crippen LogP contribution is 2.34. The van der Waals surface area contributed by atoms with Crippen molar-refractivity contribution >= 4 is 12.0 Å². The number of nitrogens with zero attached hydrogens (tertiary/aromatic N) is 1. The normalized spacial score (nSPS) is 17.8. The fraction of sp³-hybridized carbons (Fsp3) is 0.462. The van der Waals surface area contributed by atoms with Gasteiger partial charge in [-0.3, -0.25) is 4.79 Å². The Morgan fingerprint density at radius 2 is 1.74 bits per heavy atom. The number of carbonyl (C=O) groups is 2. The lowest BCUT2D eigenvalue weighted by atomic mass is 9.93. The third kappa shape index (κ3) is 5.69. The van der Waals surface area contributed by atoms with E-state index in [9.17, 15) is 9.59 Å². The Morgan fingerprint density at radius 1 is 1.00 bits per heavy atom. The highest BCUT2D eigenvalue weighted by atomic mass is 16.7. The van der Waals surface area contributed by atoms with E-state index in [0.717, 1.165) is 11.1 Å². The summed E-state index contributed by atoms with van der Waals surface area (Å²) in [5, 5.41) is 0. The van der Waals surface area contributed by atoms with Crippen molar-refractivity contribution in [1.82, 2.24) is 4.90 Å². The fourth-order valence-corrected chi connectivity index (χ4v) is 4.38. The highest BCUT2D eigenvalue weighted by Gasteiger charge is 2.41. The van der Waals surface area contributed by atoms with E-state index in [1.807, 2.05) is 62.4 Å². The molecule has 0 bridgehead atoms. The van der Waals surface area contributed by atoms with Gasteiger partial charge in [0.1, 0.15) is 6.61 Å². The standard InChI is InChI=1S/C26H31NO7/c1-3-30-24(31-4-2)15-20(12-19-10-11-22-23(14-19)34-17-33-22)25(28)27-21(16-32-26(27)29)13-18-8-6-5-7-9-18/h5-11,14,20-21,24H,3-4,12-13,15-17H2,1-2H3/t20-,21+/m1/s1. The number of benzene rings is 2. The lowest BCUT2D eigenvalue weighted by molar-refractivity contribution is -0.156. The Morgan fingerprint density at radius 3 is 2.47 bits per heavy atom. The van der Waals surface area contributed by atoms with Gasteiger partial charge in [-0.15, -0.1) is 0 Å². The predicted molar refractivity (Wildman–Crippen MR) is 124 cm³/mol. The van der Waals surface area contributed by atoms with E-state index in [-0.39, 0.29) is 25.3 Å². The molecule has 0 spiro atoms. The van der Waals surface area contributed by atoms with Gasteiger partial charge in [-0.2, -0.15) is 0 Å². The molecule has 1 fully saturated rings. The average Bonchev–Trinajstić information content (AvgIpc) is 3.45. The van der Waals surface area contributed by atoms with Crippen LogP contribution in [-0.4, -0.2) is 55.8 Å². The molecule has 2 heterocycles. The van der Waals surface area contributed by atoms with Crippen LogP contribution in [0.4, 0.5) is 4.79 Å². The van der Waals surface area contributed by atoms with E-state index in [1.165, 1.54) is 4.90 Å². The average molecular weight is 470 g/mol. The van der Waals surface area contributed by atoms with Gasteiger partial charge < -0.3 is 23.7 Å². The lowest BCUT2D eigenvalue weighted by Crippen LogP contribution is -2.45.